The van der Waals surface area contributed by atoms with E-state index in [1.54, 1.807) is 0 Å². The molecule has 2 aliphatic heterocycles. The van der Waals surface area contributed by atoms with E-state index in [1.165, 1.54) is 5.56 Å². The fourth-order valence-corrected chi connectivity index (χ4v) is 4.57. The van der Waals surface area contributed by atoms with E-state index in [0.717, 1.165) is 57.2 Å². The summed E-state index contributed by atoms with van der Waals surface area (Å²) in [6.45, 7) is 3.66. The van der Waals surface area contributed by atoms with E-state index in [0.29, 0.717) is 12.5 Å². The van der Waals surface area contributed by atoms with Gasteiger partial charge in [0.15, 0.2) is 0 Å². The molecule has 1 aromatic rings. The van der Waals surface area contributed by atoms with E-state index >= 15 is 0 Å². The molecule has 3 fully saturated rings. The van der Waals surface area contributed by atoms with Crippen molar-refractivity contribution in [1.29, 1.82) is 0 Å². The van der Waals surface area contributed by atoms with Crippen LogP contribution in [0.5, 0.6) is 0 Å². The first-order valence-electron chi connectivity index (χ1n) is 9.27. The van der Waals surface area contributed by atoms with Gasteiger partial charge in [0.25, 0.3) is 0 Å². The van der Waals surface area contributed by atoms with Gasteiger partial charge in [-0.25, -0.2) is 0 Å². The maximum Gasteiger partial charge on any atom is 0.248 e. The number of likely N-dealkylation sites (tertiary alicyclic amines) is 2. The molecule has 128 valence electrons. The molecule has 0 N–H and O–H groups in total. The summed E-state index contributed by atoms with van der Waals surface area (Å²) in [5.41, 5.74) is 1.68. The first kappa shape index (κ1) is 15.7. The smallest absolute Gasteiger partial charge is 0.248 e. The Labute approximate surface area is 143 Å². The van der Waals surface area contributed by atoms with Crippen molar-refractivity contribution in [3.8, 4) is 0 Å². The van der Waals surface area contributed by atoms with Crippen LogP contribution in [0.15, 0.2) is 24.3 Å². The van der Waals surface area contributed by atoms with E-state index in [1.807, 2.05) is 30.0 Å². The molecule has 2 saturated heterocycles. The molecule has 0 bridgehead atoms. The molecule has 1 saturated carbocycles. The van der Waals surface area contributed by atoms with Crippen LogP contribution in [0.2, 0.25) is 0 Å². The van der Waals surface area contributed by atoms with Gasteiger partial charge in [0.1, 0.15) is 5.54 Å². The Kier molecular flexibility index (Phi) is 3.86. The minimum Gasteiger partial charge on any atom is -0.338 e. The second kappa shape index (κ2) is 5.91. The molecule has 1 atom stereocenters. The topological polar surface area (TPSA) is 40.6 Å². The molecule has 4 rings (SSSR count). The van der Waals surface area contributed by atoms with Crippen LogP contribution in [0.25, 0.3) is 0 Å². The van der Waals surface area contributed by atoms with Gasteiger partial charge in [0, 0.05) is 19.1 Å². The Morgan fingerprint density at radius 2 is 1.96 bits per heavy atom. The molecule has 2 heterocycles. The van der Waals surface area contributed by atoms with Gasteiger partial charge in [0.05, 0.1) is 6.42 Å². The minimum atomic E-state index is -0.540. The third-order valence-corrected chi connectivity index (χ3v) is 5.86. The monoisotopic (exact) mass is 326 g/mol. The average Bonchev–Trinajstić information content (AvgIpc) is 3.30. The van der Waals surface area contributed by atoms with Crippen LogP contribution in [0.3, 0.4) is 0 Å². The zero-order chi connectivity index (χ0) is 16.7. The standard InChI is InChI=1S/C20H26N2O2/c1-15-5-2-6-16(13-15)14-18(23)22-12-4-10-20(22)9-3-11-21(19(20)24)17-7-8-17/h2,5-6,13,17H,3-4,7-12,14H2,1H3. The number of carbonyl (C=O) groups is 2. The molecule has 1 unspecified atom stereocenters. The summed E-state index contributed by atoms with van der Waals surface area (Å²) in [5, 5.41) is 0. The molecule has 1 aliphatic carbocycles. The van der Waals surface area contributed by atoms with Crippen LogP contribution in [0.4, 0.5) is 0 Å². The van der Waals surface area contributed by atoms with Crippen molar-refractivity contribution in [2.24, 2.45) is 0 Å². The van der Waals surface area contributed by atoms with Crippen LogP contribution in [-0.2, 0) is 16.0 Å². The molecule has 1 spiro atoms. The van der Waals surface area contributed by atoms with E-state index in [-0.39, 0.29) is 11.8 Å². The van der Waals surface area contributed by atoms with Crippen molar-refractivity contribution >= 4 is 11.8 Å². The second-order valence-corrected chi connectivity index (χ2v) is 7.68. The minimum absolute atomic E-state index is 0.115. The third-order valence-electron chi connectivity index (χ3n) is 5.86. The van der Waals surface area contributed by atoms with Crippen LogP contribution < -0.4 is 0 Å². The lowest BCUT2D eigenvalue weighted by Crippen LogP contribution is -2.62. The van der Waals surface area contributed by atoms with Gasteiger partial charge in [-0.05, 0) is 51.0 Å². The van der Waals surface area contributed by atoms with Crippen LogP contribution in [0.1, 0.15) is 49.7 Å². The Balaban J connectivity index is 1.55. The van der Waals surface area contributed by atoms with Gasteiger partial charge in [0.2, 0.25) is 11.8 Å². The van der Waals surface area contributed by atoms with Gasteiger partial charge in [-0.3, -0.25) is 9.59 Å². The van der Waals surface area contributed by atoms with E-state index in [4.69, 9.17) is 0 Å². The van der Waals surface area contributed by atoms with Crippen molar-refractivity contribution in [2.45, 2.75) is 63.5 Å². The lowest BCUT2D eigenvalue weighted by Gasteiger charge is -2.44. The van der Waals surface area contributed by atoms with E-state index < -0.39 is 5.54 Å². The summed E-state index contributed by atoms with van der Waals surface area (Å²) in [7, 11) is 0. The lowest BCUT2D eigenvalue weighted by atomic mass is 9.85. The number of hydrogen-bond acceptors (Lipinski definition) is 2. The van der Waals surface area contributed by atoms with Crippen molar-refractivity contribution < 1.29 is 9.59 Å². The number of rotatable bonds is 3. The van der Waals surface area contributed by atoms with Crippen molar-refractivity contribution in [2.75, 3.05) is 13.1 Å². The fourth-order valence-electron chi connectivity index (χ4n) is 4.57. The Bertz CT molecular complexity index is 667. The van der Waals surface area contributed by atoms with Gasteiger partial charge in [-0.15, -0.1) is 0 Å². The number of aryl methyl sites for hydroxylation is 1. The summed E-state index contributed by atoms with van der Waals surface area (Å²) in [5.74, 6) is 0.343. The maximum absolute atomic E-state index is 13.2. The fraction of sp³-hybridized carbons (Fsp3) is 0.600. The lowest BCUT2D eigenvalue weighted by molar-refractivity contribution is -0.155. The molecule has 0 aromatic heterocycles. The van der Waals surface area contributed by atoms with E-state index in [2.05, 4.69) is 11.0 Å². The highest BCUT2D eigenvalue weighted by molar-refractivity contribution is 5.93. The number of nitrogens with zero attached hydrogens (tertiary/aromatic N) is 2. The van der Waals surface area contributed by atoms with E-state index in [9.17, 15) is 9.59 Å². The summed E-state index contributed by atoms with van der Waals surface area (Å²) in [6.07, 6.45) is 6.34. The zero-order valence-corrected chi connectivity index (χ0v) is 14.5. The highest BCUT2D eigenvalue weighted by Gasteiger charge is 2.54. The molecule has 1 aromatic carbocycles. The zero-order valence-electron chi connectivity index (χ0n) is 14.5. The number of benzene rings is 1. The number of hydrogen-bond donors (Lipinski definition) is 0. The van der Waals surface area contributed by atoms with Crippen molar-refractivity contribution in [3.63, 3.8) is 0 Å². The predicted molar refractivity (Wildman–Crippen MR) is 92.5 cm³/mol. The Hall–Kier alpha value is -1.84. The molecule has 4 nitrogen and oxygen atoms in total. The Morgan fingerprint density at radius 1 is 1.21 bits per heavy atom. The van der Waals surface area contributed by atoms with Gasteiger partial charge >= 0.3 is 0 Å². The van der Waals surface area contributed by atoms with Gasteiger partial charge in [-0.1, -0.05) is 29.8 Å². The molecule has 2 amide bonds. The van der Waals surface area contributed by atoms with Gasteiger partial charge in [-0.2, -0.15) is 0 Å². The summed E-state index contributed by atoms with van der Waals surface area (Å²) in [6, 6.07) is 8.57. The summed E-state index contributed by atoms with van der Waals surface area (Å²) < 4.78 is 0. The molecule has 0 radical (unpaired) electrons. The summed E-state index contributed by atoms with van der Waals surface area (Å²) in [4.78, 5) is 30.2. The quantitative estimate of drug-likeness (QED) is 0.857. The highest BCUT2D eigenvalue weighted by atomic mass is 16.2. The van der Waals surface area contributed by atoms with Crippen molar-refractivity contribution in [3.05, 3.63) is 35.4 Å². The molecule has 24 heavy (non-hydrogen) atoms. The number of carbonyl (C=O) groups excluding carboxylic acids is 2. The number of piperidine rings is 1. The van der Waals surface area contributed by atoms with Crippen LogP contribution >= 0.6 is 0 Å². The molecular weight excluding hydrogens is 300 g/mol. The Morgan fingerprint density at radius 3 is 2.67 bits per heavy atom. The predicted octanol–water partition coefficient (Wildman–Crippen LogP) is 2.68. The van der Waals surface area contributed by atoms with Gasteiger partial charge < -0.3 is 9.80 Å². The maximum atomic E-state index is 13.2. The second-order valence-electron chi connectivity index (χ2n) is 7.68. The highest BCUT2D eigenvalue weighted by Crippen LogP contribution is 2.42. The van der Waals surface area contributed by atoms with Crippen LogP contribution in [-0.4, -0.2) is 46.3 Å². The SMILES string of the molecule is Cc1cccc(CC(=O)N2CCCC23CCCN(C2CC2)C3=O)c1. The largest absolute Gasteiger partial charge is 0.338 e. The van der Waals surface area contributed by atoms with Crippen molar-refractivity contribution in [1.82, 2.24) is 9.80 Å². The average molecular weight is 326 g/mol. The molecule has 4 heteroatoms. The normalized spacial score (nSPS) is 27.1. The first-order valence-corrected chi connectivity index (χ1v) is 9.27. The summed E-state index contributed by atoms with van der Waals surface area (Å²) >= 11 is 0. The third kappa shape index (κ3) is 2.62. The first-order chi connectivity index (χ1) is 11.6. The van der Waals surface area contributed by atoms with Crippen LogP contribution in [0, 0.1) is 6.92 Å². The number of amides is 2. The molecule has 3 aliphatic rings. The molecular formula is C20H26N2O2.